The average Bonchev–Trinajstić information content (AvgIpc) is 3.46. The van der Waals surface area contributed by atoms with E-state index in [0.717, 1.165) is 81.7 Å². The van der Waals surface area contributed by atoms with E-state index in [0.29, 0.717) is 10.9 Å². The highest BCUT2D eigenvalue weighted by atomic mass is 35.5. The van der Waals surface area contributed by atoms with Crippen LogP contribution in [0.4, 0.5) is 0 Å². The monoisotopic (exact) mass is 522 g/mol. The lowest BCUT2D eigenvalue weighted by Gasteiger charge is -2.47. The van der Waals surface area contributed by atoms with E-state index in [9.17, 15) is 9.90 Å². The summed E-state index contributed by atoms with van der Waals surface area (Å²) < 4.78 is 0. The third-order valence-corrected chi connectivity index (χ3v) is 9.41. The number of benzene rings is 1. The molecule has 3 atom stereocenters. The molecular weight excluding hydrogens is 487 g/mol. The van der Waals surface area contributed by atoms with Crippen LogP contribution in [0.3, 0.4) is 0 Å². The van der Waals surface area contributed by atoms with Crippen LogP contribution in [0.1, 0.15) is 62.5 Å². The van der Waals surface area contributed by atoms with Gasteiger partial charge in [0.05, 0.1) is 5.92 Å². The van der Waals surface area contributed by atoms with E-state index >= 15 is 0 Å². The van der Waals surface area contributed by atoms with E-state index in [1.165, 1.54) is 5.56 Å². The smallest absolute Gasteiger partial charge is 0.306 e. The lowest BCUT2D eigenvalue weighted by Crippen LogP contribution is -2.45. The van der Waals surface area contributed by atoms with Crippen molar-refractivity contribution in [2.24, 2.45) is 16.7 Å². The highest BCUT2D eigenvalue weighted by Crippen LogP contribution is 2.54. The van der Waals surface area contributed by atoms with Gasteiger partial charge in [-0.1, -0.05) is 42.6 Å². The first kappa shape index (κ1) is 26.0. The molecule has 34 heavy (non-hydrogen) atoms. The molecular formula is C27H36Cl2N2O2S. The maximum atomic E-state index is 12.2. The Morgan fingerprint density at radius 3 is 2.68 bits per heavy atom. The normalized spacial score (nSPS) is 25.3. The van der Waals surface area contributed by atoms with Crippen molar-refractivity contribution in [3.63, 3.8) is 0 Å². The zero-order valence-corrected chi connectivity index (χ0v) is 22.2. The average molecular weight is 524 g/mol. The number of aliphatic carboxylic acids is 1. The fraction of sp³-hybridized carbons (Fsp3) is 0.593. The van der Waals surface area contributed by atoms with Crippen molar-refractivity contribution in [1.82, 2.24) is 10.6 Å². The predicted octanol–water partition coefficient (Wildman–Crippen LogP) is 6.62. The van der Waals surface area contributed by atoms with Crippen LogP contribution < -0.4 is 10.6 Å². The second kappa shape index (κ2) is 11.3. The van der Waals surface area contributed by atoms with Crippen LogP contribution in [0, 0.1) is 16.7 Å². The number of carbonyl (C=O) groups is 1. The van der Waals surface area contributed by atoms with Gasteiger partial charge in [-0.2, -0.15) is 11.3 Å². The third-order valence-electron chi connectivity index (χ3n) is 8.12. The van der Waals surface area contributed by atoms with E-state index in [-0.39, 0.29) is 16.7 Å². The SMILES string of the molecule is CCC[C@@H](CC1(C[C@@]2(Cc3ccc(Cl)cc3Cl)CNC[C@@H]2c2ccsc2)CCNCC1)C(=O)O. The molecule has 4 nitrogen and oxygen atoms in total. The maximum Gasteiger partial charge on any atom is 0.306 e. The van der Waals surface area contributed by atoms with E-state index < -0.39 is 5.97 Å². The number of hydrogen-bond acceptors (Lipinski definition) is 4. The molecule has 2 aromatic rings. The molecule has 7 heteroatoms. The summed E-state index contributed by atoms with van der Waals surface area (Å²) in [5.74, 6) is -0.562. The van der Waals surface area contributed by atoms with Crippen molar-refractivity contribution in [2.45, 2.75) is 57.8 Å². The first-order valence-electron chi connectivity index (χ1n) is 12.5. The Bertz CT molecular complexity index is 962. The molecule has 2 saturated heterocycles. The fourth-order valence-corrected chi connectivity index (χ4v) is 7.76. The quantitative estimate of drug-likeness (QED) is 0.328. The minimum atomic E-state index is -0.645. The zero-order chi connectivity index (χ0) is 24.2. The third kappa shape index (κ3) is 5.82. The number of carboxylic acid groups (broad SMARTS) is 1. The van der Waals surface area contributed by atoms with Gasteiger partial charge in [0.2, 0.25) is 0 Å². The molecule has 0 unspecified atom stereocenters. The van der Waals surface area contributed by atoms with Gasteiger partial charge < -0.3 is 15.7 Å². The van der Waals surface area contributed by atoms with Gasteiger partial charge in [-0.25, -0.2) is 0 Å². The zero-order valence-electron chi connectivity index (χ0n) is 19.9. The Hall–Kier alpha value is -1.11. The number of rotatable bonds is 10. The molecule has 0 saturated carbocycles. The molecule has 1 aromatic carbocycles. The molecule has 2 aliphatic rings. The lowest BCUT2D eigenvalue weighted by atomic mass is 9.58. The Morgan fingerprint density at radius 1 is 1.24 bits per heavy atom. The van der Waals surface area contributed by atoms with Gasteiger partial charge in [-0.3, -0.25) is 4.79 Å². The summed E-state index contributed by atoms with van der Waals surface area (Å²) in [6.07, 6.45) is 6.30. The summed E-state index contributed by atoms with van der Waals surface area (Å²) >= 11 is 14.7. The molecule has 0 spiro atoms. The van der Waals surface area contributed by atoms with Gasteiger partial charge >= 0.3 is 5.97 Å². The molecule has 4 rings (SSSR count). The summed E-state index contributed by atoms with van der Waals surface area (Å²) in [5, 5.41) is 23.1. The van der Waals surface area contributed by atoms with Crippen molar-refractivity contribution < 1.29 is 9.90 Å². The second-order valence-corrected chi connectivity index (χ2v) is 12.1. The first-order chi connectivity index (χ1) is 16.4. The molecule has 0 amide bonds. The topological polar surface area (TPSA) is 61.4 Å². The Balaban J connectivity index is 1.73. The summed E-state index contributed by atoms with van der Waals surface area (Å²) in [4.78, 5) is 12.2. The van der Waals surface area contributed by atoms with Crippen molar-refractivity contribution in [1.29, 1.82) is 0 Å². The minimum absolute atomic E-state index is 0.00265. The predicted molar refractivity (Wildman–Crippen MR) is 142 cm³/mol. The number of carboxylic acids is 1. The molecule has 2 aliphatic heterocycles. The molecule has 1 aromatic heterocycles. The van der Waals surface area contributed by atoms with Gasteiger partial charge in [-0.05, 0) is 103 Å². The van der Waals surface area contributed by atoms with Crippen LogP contribution >= 0.6 is 34.5 Å². The molecule has 0 aliphatic carbocycles. The highest BCUT2D eigenvalue weighted by Gasteiger charge is 2.50. The van der Waals surface area contributed by atoms with E-state index in [4.69, 9.17) is 23.2 Å². The summed E-state index contributed by atoms with van der Waals surface area (Å²) in [6, 6.07) is 8.10. The number of piperidine rings is 1. The van der Waals surface area contributed by atoms with Crippen LogP contribution in [0.15, 0.2) is 35.0 Å². The summed E-state index contributed by atoms with van der Waals surface area (Å²) in [7, 11) is 0. The molecule has 2 fully saturated rings. The molecule has 186 valence electrons. The largest absolute Gasteiger partial charge is 0.481 e. The first-order valence-corrected chi connectivity index (χ1v) is 14.2. The maximum absolute atomic E-state index is 12.2. The summed E-state index contributed by atoms with van der Waals surface area (Å²) in [6.45, 7) is 5.84. The minimum Gasteiger partial charge on any atom is -0.481 e. The van der Waals surface area contributed by atoms with Gasteiger partial charge in [0.1, 0.15) is 0 Å². The highest BCUT2D eigenvalue weighted by molar-refractivity contribution is 7.08. The Kier molecular flexibility index (Phi) is 8.63. The summed E-state index contributed by atoms with van der Waals surface area (Å²) in [5.41, 5.74) is 2.48. The van der Waals surface area contributed by atoms with Crippen LogP contribution in [-0.4, -0.2) is 37.3 Å². The van der Waals surface area contributed by atoms with E-state index in [2.05, 4.69) is 40.5 Å². The van der Waals surface area contributed by atoms with Gasteiger partial charge in [-0.15, -0.1) is 0 Å². The number of nitrogens with one attached hydrogen (secondary N) is 2. The van der Waals surface area contributed by atoms with Crippen molar-refractivity contribution >= 4 is 40.5 Å². The van der Waals surface area contributed by atoms with Crippen molar-refractivity contribution in [2.75, 3.05) is 26.2 Å². The standard InChI is InChI=1S/C27H36Cl2N2O2S/c1-2-3-20(25(32)33)13-26(7-9-30-10-8-26)17-27(14-19-4-5-22(28)12-24(19)29)18-31-15-23(27)21-6-11-34-16-21/h4-6,11-12,16,20,23,30-31H,2-3,7-10,13-15,17-18H2,1H3,(H,32,33)/t20-,23+,27-/m0/s1. The van der Waals surface area contributed by atoms with Crippen LogP contribution in [0.2, 0.25) is 10.0 Å². The van der Waals surface area contributed by atoms with Crippen LogP contribution in [0.5, 0.6) is 0 Å². The van der Waals surface area contributed by atoms with Gasteiger partial charge in [0, 0.05) is 29.1 Å². The van der Waals surface area contributed by atoms with Crippen LogP contribution in [-0.2, 0) is 11.2 Å². The van der Waals surface area contributed by atoms with Gasteiger partial charge in [0.15, 0.2) is 0 Å². The van der Waals surface area contributed by atoms with Crippen molar-refractivity contribution in [3.05, 3.63) is 56.2 Å². The second-order valence-electron chi connectivity index (χ2n) is 10.5. The van der Waals surface area contributed by atoms with E-state index in [1.54, 1.807) is 11.3 Å². The van der Waals surface area contributed by atoms with E-state index in [1.807, 2.05) is 12.1 Å². The fourth-order valence-electron chi connectivity index (χ4n) is 6.57. The van der Waals surface area contributed by atoms with Gasteiger partial charge in [0.25, 0.3) is 0 Å². The molecule has 3 heterocycles. The number of thiophene rings is 1. The Morgan fingerprint density at radius 2 is 2.03 bits per heavy atom. The number of halogens is 2. The molecule has 0 bridgehead atoms. The molecule has 0 radical (unpaired) electrons. The molecule has 3 N–H and O–H groups in total. The van der Waals surface area contributed by atoms with Crippen molar-refractivity contribution in [3.8, 4) is 0 Å². The van der Waals surface area contributed by atoms with Crippen LogP contribution in [0.25, 0.3) is 0 Å². The number of hydrogen-bond donors (Lipinski definition) is 3. The Labute approximate surface area is 217 Å². The lowest BCUT2D eigenvalue weighted by molar-refractivity contribution is -0.143.